The number of alkyl halides is 5. The number of hydrogen-bond acceptors (Lipinski definition) is 2. The Hall–Kier alpha value is -2.64. The number of carbonyl (C=O) groups is 1. The molecular formula is C20H18F5NO2. The van der Waals surface area contributed by atoms with Gasteiger partial charge in [-0.2, -0.15) is 22.0 Å². The second kappa shape index (κ2) is 8.16. The Kier molecular flexibility index (Phi) is 5.86. The molecule has 0 spiro atoms. The minimum atomic E-state index is -4.44. The molecule has 1 aliphatic rings. The molecule has 150 valence electrons. The van der Waals surface area contributed by atoms with Crippen LogP contribution in [-0.2, 0) is 17.4 Å². The number of hydrogen-bond donors (Lipinski definition) is 1. The lowest BCUT2D eigenvalue weighted by Crippen LogP contribution is -2.27. The average Bonchev–Trinajstić information content (AvgIpc) is 3.43. The maximum Gasteiger partial charge on any atom is 0.416 e. The highest BCUT2D eigenvalue weighted by Crippen LogP contribution is 2.51. The van der Waals surface area contributed by atoms with Crippen LogP contribution >= 0.6 is 0 Å². The molecule has 1 saturated carbocycles. The first-order valence-electron chi connectivity index (χ1n) is 8.73. The summed E-state index contributed by atoms with van der Waals surface area (Å²) in [5.41, 5.74) is 0.280. The van der Waals surface area contributed by atoms with E-state index in [0.29, 0.717) is 19.4 Å². The molecule has 2 aromatic rings. The molecule has 0 saturated heterocycles. The van der Waals surface area contributed by atoms with E-state index in [-0.39, 0.29) is 17.2 Å². The summed E-state index contributed by atoms with van der Waals surface area (Å²) in [5.74, 6) is -1.12. The van der Waals surface area contributed by atoms with Crippen molar-refractivity contribution >= 4 is 5.91 Å². The molecule has 2 unspecified atom stereocenters. The van der Waals surface area contributed by atoms with Gasteiger partial charge >= 0.3 is 12.8 Å². The fraction of sp³-hybridized carbons (Fsp3) is 0.350. The molecular weight excluding hydrogens is 381 g/mol. The van der Waals surface area contributed by atoms with Crippen LogP contribution in [0, 0.1) is 5.92 Å². The number of nitrogens with one attached hydrogen (secondary N) is 1. The second-order valence-corrected chi connectivity index (χ2v) is 6.60. The van der Waals surface area contributed by atoms with E-state index in [1.807, 2.05) is 0 Å². The van der Waals surface area contributed by atoms with Crippen LogP contribution in [-0.4, -0.2) is 19.1 Å². The van der Waals surface area contributed by atoms with Gasteiger partial charge in [-0.25, -0.2) is 0 Å². The van der Waals surface area contributed by atoms with E-state index >= 15 is 0 Å². The van der Waals surface area contributed by atoms with Gasteiger partial charge in [-0.05, 0) is 48.1 Å². The molecule has 0 aromatic heterocycles. The first-order chi connectivity index (χ1) is 13.3. The van der Waals surface area contributed by atoms with Gasteiger partial charge in [0, 0.05) is 12.5 Å². The largest absolute Gasteiger partial charge is 0.435 e. The Bertz CT molecular complexity index is 820. The van der Waals surface area contributed by atoms with Crippen LogP contribution in [0.25, 0.3) is 0 Å². The van der Waals surface area contributed by atoms with E-state index < -0.39 is 30.2 Å². The maximum atomic E-state index is 13.1. The van der Waals surface area contributed by atoms with Gasteiger partial charge in [-0.3, -0.25) is 4.79 Å². The van der Waals surface area contributed by atoms with Gasteiger partial charge in [0.15, 0.2) is 0 Å². The third-order valence-corrected chi connectivity index (χ3v) is 4.65. The molecule has 3 rings (SSSR count). The lowest BCUT2D eigenvalue weighted by Gasteiger charge is -2.12. The Balaban J connectivity index is 1.50. The van der Waals surface area contributed by atoms with E-state index in [4.69, 9.17) is 0 Å². The van der Waals surface area contributed by atoms with Gasteiger partial charge in [-0.15, -0.1) is 0 Å². The standard InChI is InChI=1S/C20H18F5NO2/c21-19(22)28-13-7-5-12(6-8-13)9-10-26-18(27)16-11-15(16)14-3-1-2-4-17(14)20(23,24)25/h1-8,15-16,19H,9-11H2,(H,26,27). The molecule has 2 atom stereocenters. The lowest BCUT2D eigenvalue weighted by molar-refractivity contribution is -0.138. The smallest absolute Gasteiger partial charge is 0.416 e. The molecule has 2 aromatic carbocycles. The molecule has 0 aliphatic heterocycles. The molecule has 1 aliphatic carbocycles. The van der Waals surface area contributed by atoms with Crippen LogP contribution in [0.15, 0.2) is 48.5 Å². The van der Waals surface area contributed by atoms with Crippen LogP contribution < -0.4 is 10.1 Å². The van der Waals surface area contributed by atoms with Crippen molar-refractivity contribution in [1.82, 2.24) is 5.32 Å². The summed E-state index contributed by atoms with van der Waals surface area (Å²) in [6.45, 7) is -2.59. The van der Waals surface area contributed by atoms with Gasteiger partial charge in [0.05, 0.1) is 5.56 Å². The molecule has 0 bridgehead atoms. The topological polar surface area (TPSA) is 38.3 Å². The second-order valence-electron chi connectivity index (χ2n) is 6.60. The summed E-state index contributed by atoms with van der Waals surface area (Å²) >= 11 is 0. The molecule has 8 heteroatoms. The molecule has 1 amide bonds. The van der Waals surface area contributed by atoms with E-state index in [1.165, 1.54) is 24.3 Å². The van der Waals surface area contributed by atoms with E-state index in [9.17, 15) is 26.7 Å². The molecule has 3 nitrogen and oxygen atoms in total. The number of benzene rings is 2. The molecule has 28 heavy (non-hydrogen) atoms. The zero-order valence-corrected chi connectivity index (χ0v) is 14.7. The summed E-state index contributed by atoms with van der Waals surface area (Å²) in [6.07, 6.45) is -3.59. The summed E-state index contributed by atoms with van der Waals surface area (Å²) in [7, 11) is 0. The predicted molar refractivity (Wildman–Crippen MR) is 92.1 cm³/mol. The van der Waals surface area contributed by atoms with Crippen LogP contribution in [0.1, 0.15) is 29.0 Å². The van der Waals surface area contributed by atoms with Crippen LogP contribution in [0.3, 0.4) is 0 Å². The van der Waals surface area contributed by atoms with Crippen molar-refractivity contribution in [3.05, 3.63) is 65.2 Å². The number of halogens is 5. The predicted octanol–water partition coefficient (Wildman–Crippen LogP) is 4.77. The number of rotatable bonds is 7. The molecule has 1 fully saturated rings. The van der Waals surface area contributed by atoms with E-state index in [2.05, 4.69) is 10.1 Å². The highest BCUT2D eigenvalue weighted by atomic mass is 19.4. The Morgan fingerprint density at radius 3 is 2.43 bits per heavy atom. The van der Waals surface area contributed by atoms with Crippen molar-refractivity contribution in [3.8, 4) is 5.75 Å². The van der Waals surface area contributed by atoms with Crippen molar-refractivity contribution in [3.63, 3.8) is 0 Å². The fourth-order valence-electron chi connectivity index (χ4n) is 3.21. The first-order valence-corrected chi connectivity index (χ1v) is 8.73. The number of amides is 1. The summed E-state index contributed by atoms with van der Waals surface area (Å²) in [6, 6.07) is 11.4. The summed E-state index contributed by atoms with van der Waals surface area (Å²) < 4.78 is 67.8. The van der Waals surface area contributed by atoms with Crippen molar-refractivity contribution in [1.29, 1.82) is 0 Å². The summed E-state index contributed by atoms with van der Waals surface area (Å²) in [5, 5.41) is 2.73. The van der Waals surface area contributed by atoms with Gasteiger partial charge in [0.25, 0.3) is 0 Å². The molecule has 1 N–H and O–H groups in total. The minimum absolute atomic E-state index is 0.0481. The van der Waals surface area contributed by atoms with Crippen LogP contribution in [0.5, 0.6) is 5.75 Å². The summed E-state index contributed by atoms with van der Waals surface area (Å²) in [4.78, 5) is 12.2. The molecule has 0 heterocycles. The van der Waals surface area contributed by atoms with Crippen molar-refractivity contribution in [2.45, 2.75) is 31.5 Å². The van der Waals surface area contributed by atoms with Crippen molar-refractivity contribution in [2.24, 2.45) is 5.92 Å². The van der Waals surface area contributed by atoms with Gasteiger partial charge in [0.1, 0.15) is 5.75 Å². The third kappa shape index (κ3) is 4.99. The van der Waals surface area contributed by atoms with Gasteiger partial charge in [-0.1, -0.05) is 30.3 Å². The number of ether oxygens (including phenoxy) is 1. The van der Waals surface area contributed by atoms with Gasteiger partial charge in [0.2, 0.25) is 5.91 Å². The van der Waals surface area contributed by atoms with Crippen LogP contribution in [0.2, 0.25) is 0 Å². The van der Waals surface area contributed by atoms with E-state index in [1.54, 1.807) is 18.2 Å². The zero-order chi connectivity index (χ0) is 20.3. The highest BCUT2D eigenvalue weighted by molar-refractivity contribution is 5.83. The zero-order valence-electron chi connectivity index (χ0n) is 14.7. The third-order valence-electron chi connectivity index (χ3n) is 4.65. The minimum Gasteiger partial charge on any atom is -0.435 e. The van der Waals surface area contributed by atoms with Crippen LogP contribution in [0.4, 0.5) is 22.0 Å². The van der Waals surface area contributed by atoms with Gasteiger partial charge < -0.3 is 10.1 Å². The number of carbonyl (C=O) groups excluding carboxylic acids is 1. The Morgan fingerprint density at radius 1 is 1.11 bits per heavy atom. The maximum absolute atomic E-state index is 13.1. The Labute approximate surface area is 158 Å². The Morgan fingerprint density at radius 2 is 1.79 bits per heavy atom. The van der Waals surface area contributed by atoms with E-state index in [0.717, 1.165) is 11.6 Å². The monoisotopic (exact) mass is 399 g/mol. The van der Waals surface area contributed by atoms with Crippen molar-refractivity contribution in [2.75, 3.05) is 6.54 Å². The highest BCUT2D eigenvalue weighted by Gasteiger charge is 2.47. The first kappa shape index (κ1) is 20.1. The lowest BCUT2D eigenvalue weighted by atomic mass is 10.0. The SMILES string of the molecule is O=C(NCCc1ccc(OC(F)F)cc1)C1CC1c1ccccc1C(F)(F)F. The van der Waals surface area contributed by atoms with Crippen molar-refractivity contribution < 1.29 is 31.5 Å². The normalized spacial score (nSPS) is 18.8. The fourth-order valence-corrected chi connectivity index (χ4v) is 3.21. The molecule has 0 radical (unpaired) electrons. The average molecular weight is 399 g/mol. The quantitative estimate of drug-likeness (QED) is 0.682.